The SMILES string of the molecule is COc1ccc(/C=N/NC(=O)CNC(=O)c2ccc(OC)c(OC)c2)cc1OC. The lowest BCUT2D eigenvalue weighted by molar-refractivity contribution is -0.120. The van der Waals surface area contributed by atoms with Gasteiger partial charge in [0.05, 0.1) is 41.2 Å². The molecule has 0 atom stereocenters. The molecule has 0 spiro atoms. The Balaban J connectivity index is 1.88. The maximum atomic E-state index is 12.2. The van der Waals surface area contributed by atoms with Crippen molar-refractivity contribution in [3.63, 3.8) is 0 Å². The summed E-state index contributed by atoms with van der Waals surface area (Å²) in [5.41, 5.74) is 3.39. The third-order valence-corrected chi connectivity index (χ3v) is 3.87. The van der Waals surface area contributed by atoms with Gasteiger partial charge in [0.1, 0.15) is 0 Å². The summed E-state index contributed by atoms with van der Waals surface area (Å²) >= 11 is 0. The van der Waals surface area contributed by atoms with E-state index < -0.39 is 11.8 Å². The summed E-state index contributed by atoms with van der Waals surface area (Å²) in [4.78, 5) is 24.1. The number of carbonyl (C=O) groups excluding carboxylic acids is 2. The Morgan fingerprint density at radius 2 is 1.45 bits per heavy atom. The maximum Gasteiger partial charge on any atom is 0.259 e. The number of rotatable bonds is 9. The lowest BCUT2D eigenvalue weighted by Gasteiger charge is -2.09. The highest BCUT2D eigenvalue weighted by molar-refractivity contribution is 5.97. The highest BCUT2D eigenvalue weighted by atomic mass is 16.5. The first kappa shape index (κ1) is 21.5. The minimum absolute atomic E-state index is 0.240. The van der Waals surface area contributed by atoms with Crippen molar-refractivity contribution in [3.8, 4) is 23.0 Å². The first-order chi connectivity index (χ1) is 14.0. The quantitative estimate of drug-likeness (QED) is 0.488. The van der Waals surface area contributed by atoms with Gasteiger partial charge < -0.3 is 24.3 Å². The van der Waals surface area contributed by atoms with Crippen LogP contribution in [0.4, 0.5) is 0 Å². The molecule has 0 aliphatic heterocycles. The molecule has 29 heavy (non-hydrogen) atoms. The summed E-state index contributed by atoms with van der Waals surface area (Å²) in [6.07, 6.45) is 1.45. The van der Waals surface area contributed by atoms with Gasteiger partial charge in [-0.2, -0.15) is 5.10 Å². The molecule has 0 aliphatic rings. The van der Waals surface area contributed by atoms with Gasteiger partial charge in [-0.1, -0.05) is 0 Å². The molecule has 154 valence electrons. The maximum absolute atomic E-state index is 12.2. The average molecular weight is 401 g/mol. The fraction of sp³-hybridized carbons (Fsp3) is 0.250. The second-order valence-electron chi connectivity index (χ2n) is 5.66. The molecule has 9 nitrogen and oxygen atoms in total. The van der Waals surface area contributed by atoms with Crippen LogP contribution in [0.25, 0.3) is 0 Å². The largest absolute Gasteiger partial charge is 0.493 e. The summed E-state index contributed by atoms with van der Waals surface area (Å²) in [5.74, 6) is 1.16. The molecule has 0 bridgehead atoms. The van der Waals surface area contributed by atoms with E-state index in [9.17, 15) is 9.59 Å². The molecule has 0 saturated carbocycles. The number of ether oxygens (including phenoxy) is 4. The Kier molecular flexibility index (Phi) is 7.84. The zero-order chi connectivity index (χ0) is 21.2. The highest BCUT2D eigenvalue weighted by Gasteiger charge is 2.11. The van der Waals surface area contributed by atoms with Crippen molar-refractivity contribution in [2.24, 2.45) is 5.10 Å². The molecule has 2 amide bonds. The van der Waals surface area contributed by atoms with Crippen LogP contribution in [0.5, 0.6) is 23.0 Å². The Bertz CT molecular complexity index is 898. The second kappa shape index (κ2) is 10.5. The molecule has 0 aromatic heterocycles. The smallest absolute Gasteiger partial charge is 0.259 e. The number of hydrogen-bond acceptors (Lipinski definition) is 7. The molecule has 9 heteroatoms. The number of hydrogen-bond donors (Lipinski definition) is 2. The van der Waals surface area contributed by atoms with E-state index in [4.69, 9.17) is 18.9 Å². The van der Waals surface area contributed by atoms with Gasteiger partial charge in [0, 0.05) is 5.56 Å². The lowest BCUT2D eigenvalue weighted by Crippen LogP contribution is -2.34. The van der Waals surface area contributed by atoms with Gasteiger partial charge in [-0.25, -0.2) is 5.43 Å². The van der Waals surface area contributed by atoms with Crippen LogP contribution >= 0.6 is 0 Å². The summed E-state index contributed by atoms with van der Waals surface area (Å²) < 4.78 is 20.6. The predicted molar refractivity (Wildman–Crippen MR) is 107 cm³/mol. The van der Waals surface area contributed by atoms with Gasteiger partial charge >= 0.3 is 0 Å². The van der Waals surface area contributed by atoms with Crippen molar-refractivity contribution < 1.29 is 28.5 Å². The minimum atomic E-state index is -0.476. The standard InChI is InChI=1S/C20H23N3O6/c1-26-15-7-5-13(9-17(15)28-3)11-22-23-19(24)12-21-20(25)14-6-8-16(27-2)18(10-14)29-4/h5-11H,12H2,1-4H3,(H,21,25)(H,23,24)/b22-11+. The topological polar surface area (TPSA) is 107 Å². The molecule has 0 radical (unpaired) electrons. The molecule has 0 heterocycles. The van der Waals surface area contributed by atoms with Gasteiger partial charge in [-0.15, -0.1) is 0 Å². The van der Waals surface area contributed by atoms with E-state index in [0.717, 1.165) is 0 Å². The molecule has 2 rings (SSSR count). The molecule has 2 N–H and O–H groups in total. The number of amides is 2. The summed E-state index contributed by atoms with van der Waals surface area (Å²) in [6.45, 7) is -0.240. The number of hydrazone groups is 1. The van der Waals surface area contributed by atoms with Crippen LogP contribution in [0.15, 0.2) is 41.5 Å². The molecule has 2 aromatic carbocycles. The monoisotopic (exact) mass is 401 g/mol. The number of nitrogens with one attached hydrogen (secondary N) is 2. The fourth-order valence-electron chi connectivity index (χ4n) is 2.39. The van der Waals surface area contributed by atoms with Crippen LogP contribution in [-0.4, -0.2) is 53.0 Å². The van der Waals surface area contributed by atoms with E-state index in [1.54, 1.807) is 37.4 Å². The Morgan fingerprint density at radius 3 is 2.07 bits per heavy atom. The third kappa shape index (κ3) is 5.86. The van der Waals surface area contributed by atoms with Gasteiger partial charge in [-0.05, 0) is 42.0 Å². The molecule has 2 aromatic rings. The van der Waals surface area contributed by atoms with Crippen LogP contribution in [-0.2, 0) is 4.79 Å². The van der Waals surface area contributed by atoms with E-state index >= 15 is 0 Å². The number of carbonyl (C=O) groups is 2. The molecule has 0 saturated heterocycles. The van der Waals surface area contributed by atoms with Crippen LogP contribution in [0.1, 0.15) is 15.9 Å². The van der Waals surface area contributed by atoms with E-state index in [0.29, 0.717) is 34.1 Å². The van der Waals surface area contributed by atoms with Crippen LogP contribution in [0.2, 0.25) is 0 Å². The van der Waals surface area contributed by atoms with Gasteiger partial charge in [0.15, 0.2) is 23.0 Å². The van der Waals surface area contributed by atoms with Gasteiger partial charge in [0.2, 0.25) is 0 Å². The average Bonchev–Trinajstić information content (AvgIpc) is 2.76. The van der Waals surface area contributed by atoms with Crippen molar-refractivity contribution in [2.45, 2.75) is 0 Å². The molecule has 0 fully saturated rings. The van der Waals surface area contributed by atoms with Crippen molar-refractivity contribution >= 4 is 18.0 Å². The number of nitrogens with zero attached hydrogens (tertiary/aromatic N) is 1. The first-order valence-corrected chi connectivity index (χ1v) is 8.56. The first-order valence-electron chi connectivity index (χ1n) is 8.56. The van der Waals surface area contributed by atoms with E-state index in [2.05, 4.69) is 15.8 Å². The third-order valence-electron chi connectivity index (χ3n) is 3.87. The summed E-state index contributed by atoms with van der Waals surface area (Å²) in [5, 5.41) is 6.38. The summed E-state index contributed by atoms with van der Waals surface area (Å²) in [6, 6.07) is 9.92. The Hall–Kier alpha value is -3.75. The molecular weight excluding hydrogens is 378 g/mol. The highest BCUT2D eigenvalue weighted by Crippen LogP contribution is 2.28. The van der Waals surface area contributed by atoms with E-state index in [1.807, 2.05) is 0 Å². The van der Waals surface area contributed by atoms with Crippen LogP contribution in [0, 0.1) is 0 Å². The van der Waals surface area contributed by atoms with Gasteiger partial charge in [0.25, 0.3) is 11.8 Å². The number of methoxy groups -OCH3 is 4. The lowest BCUT2D eigenvalue weighted by atomic mass is 10.2. The van der Waals surface area contributed by atoms with Crippen molar-refractivity contribution in [2.75, 3.05) is 35.0 Å². The van der Waals surface area contributed by atoms with Gasteiger partial charge in [-0.3, -0.25) is 9.59 Å². The second-order valence-corrected chi connectivity index (χ2v) is 5.66. The fourth-order valence-corrected chi connectivity index (χ4v) is 2.39. The van der Waals surface area contributed by atoms with Crippen molar-refractivity contribution in [1.82, 2.24) is 10.7 Å². The summed E-state index contributed by atoms with van der Waals surface area (Å²) in [7, 11) is 6.05. The number of benzene rings is 2. The van der Waals surface area contributed by atoms with E-state index in [-0.39, 0.29) is 6.54 Å². The Labute approximate surface area is 168 Å². The van der Waals surface area contributed by atoms with Crippen LogP contribution in [0.3, 0.4) is 0 Å². The van der Waals surface area contributed by atoms with Crippen molar-refractivity contribution in [1.29, 1.82) is 0 Å². The predicted octanol–water partition coefficient (Wildman–Crippen LogP) is 1.60. The zero-order valence-corrected chi connectivity index (χ0v) is 16.6. The minimum Gasteiger partial charge on any atom is -0.493 e. The normalized spacial score (nSPS) is 10.3. The molecular formula is C20H23N3O6. The molecule has 0 aliphatic carbocycles. The van der Waals surface area contributed by atoms with Crippen molar-refractivity contribution in [3.05, 3.63) is 47.5 Å². The van der Waals surface area contributed by atoms with E-state index in [1.165, 1.54) is 33.6 Å². The molecule has 0 unspecified atom stereocenters. The Morgan fingerprint density at radius 1 is 0.862 bits per heavy atom. The zero-order valence-electron chi connectivity index (χ0n) is 16.6. The van der Waals surface area contributed by atoms with Crippen LogP contribution < -0.4 is 29.7 Å².